The topological polar surface area (TPSA) is 57.8 Å². The maximum absolute atomic E-state index is 10.1. The minimum Gasteiger partial charge on any atom is -0.433 e. The number of carbonyl (C=O) groups is 1. The van der Waals surface area contributed by atoms with Gasteiger partial charge in [0.25, 0.3) is 0 Å². The van der Waals surface area contributed by atoms with Crippen LogP contribution in [0.15, 0.2) is 0 Å². The summed E-state index contributed by atoms with van der Waals surface area (Å²) in [5, 5.41) is 0. The first kappa shape index (κ1) is 9.23. The van der Waals surface area contributed by atoms with E-state index >= 15 is 0 Å². The molecular weight excluding hydrogens is 134 g/mol. The highest BCUT2D eigenvalue weighted by Crippen LogP contribution is 1.94. The highest BCUT2D eigenvalue weighted by molar-refractivity contribution is 5.59. The van der Waals surface area contributed by atoms with Gasteiger partial charge in [-0.25, -0.2) is 4.79 Å². The molecule has 0 aromatic heterocycles. The molecule has 0 aliphatic rings. The number of hydrogen-bond donors (Lipinski definition) is 0. The Morgan fingerprint density at radius 3 is 2.70 bits per heavy atom. The number of rotatable bonds is 4. The van der Waals surface area contributed by atoms with E-state index in [9.17, 15) is 4.79 Å². The Morgan fingerprint density at radius 2 is 2.20 bits per heavy atom. The van der Waals surface area contributed by atoms with Gasteiger partial charge in [-0.2, -0.15) is 0 Å². The minimum atomic E-state index is -1.03. The maximum atomic E-state index is 10.1. The third-order valence-corrected chi connectivity index (χ3v) is 1.04. The summed E-state index contributed by atoms with van der Waals surface area (Å²) in [6.45, 7) is 2.36. The number of unbranched alkanes of at least 4 members (excludes halogenated alkanes) is 2. The van der Waals surface area contributed by atoms with Crippen molar-refractivity contribution in [3.05, 3.63) is 0 Å². The zero-order chi connectivity index (χ0) is 7.82. The van der Waals surface area contributed by atoms with Crippen molar-refractivity contribution in [1.82, 2.24) is 5.90 Å². The van der Waals surface area contributed by atoms with Crippen molar-refractivity contribution in [2.45, 2.75) is 26.2 Å². The highest BCUT2D eigenvalue weighted by Gasteiger charge is 1.99. The number of nitrogens with zero attached hydrogens (tertiary/aromatic N) is 1. The normalized spacial score (nSPS) is 9.00. The summed E-state index contributed by atoms with van der Waals surface area (Å²) in [5.41, 5.74) is 0. The van der Waals surface area contributed by atoms with Gasteiger partial charge in [0, 0.05) is 0 Å². The molecule has 0 bridgehead atoms. The van der Waals surface area contributed by atoms with E-state index in [2.05, 4.69) is 9.57 Å². The second-order valence-corrected chi connectivity index (χ2v) is 1.90. The Labute approximate surface area is 60.2 Å². The molecule has 0 aromatic rings. The molecule has 10 heavy (non-hydrogen) atoms. The van der Waals surface area contributed by atoms with Gasteiger partial charge in [-0.3, -0.25) is 4.84 Å². The lowest BCUT2D eigenvalue weighted by Gasteiger charge is -1.98. The fourth-order valence-corrected chi connectivity index (χ4v) is 0.534. The molecule has 4 nitrogen and oxygen atoms in total. The first-order chi connectivity index (χ1) is 4.81. The van der Waals surface area contributed by atoms with Crippen molar-refractivity contribution < 1.29 is 14.4 Å². The summed E-state index contributed by atoms with van der Waals surface area (Å²) < 4.78 is 4.38. The van der Waals surface area contributed by atoms with Crippen molar-refractivity contribution in [1.29, 1.82) is 0 Å². The summed E-state index contributed by atoms with van der Waals surface area (Å²) in [6.07, 6.45) is 1.86. The van der Waals surface area contributed by atoms with Crippen LogP contribution in [0.3, 0.4) is 0 Å². The molecule has 2 radical (unpaired) electrons. The molecule has 4 heteroatoms. The Hall–Kier alpha value is -0.770. The zero-order valence-electron chi connectivity index (χ0n) is 6.00. The van der Waals surface area contributed by atoms with Gasteiger partial charge in [-0.1, -0.05) is 19.8 Å². The highest BCUT2D eigenvalue weighted by atomic mass is 16.8. The fourth-order valence-electron chi connectivity index (χ4n) is 0.534. The van der Waals surface area contributed by atoms with Crippen LogP contribution in [0, 0.1) is 0 Å². The lowest BCUT2D eigenvalue weighted by atomic mass is 10.3. The van der Waals surface area contributed by atoms with Gasteiger partial charge < -0.3 is 4.74 Å². The molecule has 0 saturated carbocycles. The summed E-state index contributed by atoms with van der Waals surface area (Å²) in [4.78, 5) is 13.3. The van der Waals surface area contributed by atoms with Crippen LogP contribution in [0.4, 0.5) is 4.79 Å². The van der Waals surface area contributed by atoms with E-state index in [1.165, 1.54) is 0 Å². The standard InChI is InChI=1S/C6H11NO3/c1-2-3-4-5-9-6(8)10-7/h2-5H2,1H3. The molecule has 0 atom stereocenters. The first-order valence-corrected chi connectivity index (χ1v) is 3.29. The van der Waals surface area contributed by atoms with Crippen molar-refractivity contribution in [3.63, 3.8) is 0 Å². The van der Waals surface area contributed by atoms with Crippen LogP contribution in [0.2, 0.25) is 0 Å². The van der Waals surface area contributed by atoms with E-state index in [4.69, 9.17) is 5.90 Å². The molecule has 0 amide bonds. The van der Waals surface area contributed by atoms with Crippen LogP contribution in [0.1, 0.15) is 26.2 Å². The Bertz CT molecular complexity index is 95.0. The smallest absolute Gasteiger partial charge is 0.433 e. The predicted molar refractivity (Wildman–Crippen MR) is 34.1 cm³/mol. The Balaban J connectivity index is 2.96. The molecule has 0 saturated heterocycles. The van der Waals surface area contributed by atoms with Crippen molar-refractivity contribution in [2.75, 3.05) is 6.61 Å². The number of ether oxygens (including phenoxy) is 1. The maximum Gasteiger partial charge on any atom is 0.530 e. The van der Waals surface area contributed by atoms with Crippen LogP contribution in [-0.4, -0.2) is 12.8 Å². The Kier molecular flexibility index (Phi) is 5.86. The number of carbonyl (C=O) groups excluding carboxylic acids is 1. The lowest BCUT2D eigenvalue weighted by Crippen LogP contribution is -2.06. The van der Waals surface area contributed by atoms with Gasteiger partial charge in [-0.15, -0.1) is 0 Å². The minimum absolute atomic E-state index is 0.313. The zero-order valence-corrected chi connectivity index (χ0v) is 6.00. The van der Waals surface area contributed by atoms with Crippen LogP contribution < -0.4 is 5.90 Å². The molecule has 0 fully saturated rings. The van der Waals surface area contributed by atoms with E-state index in [1.807, 2.05) is 6.92 Å². The molecule has 0 N–H and O–H groups in total. The van der Waals surface area contributed by atoms with E-state index in [0.29, 0.717) is 6.61 Å². The van der Waals surface area contributed by atoms with Gasteiger partial charge in [0.05, 0.1) is 6.61 Å². The molecule has 0 aromatic carbocycles. The molecule has 0 rings (SSSR count). The molecular formula is C6H11NO3. The molecule has 0 heterocycles. The monoisotopic (exact) mass is 145 g/mol. The third kappa shape index (κ3) is 5.37. The van der Waals surface area contributed by atoms with Crippen molar-refractivity contribution in [2.24, 2.45) is 0 Å². The molecule has 58 valence electrons. The van der Waals surface area contributed by atoms with Crippen LogP contribution in [0.25, 0.3) is 0 Å². The largest absolute Gasteiger partial charge is 0.530 e. The number of hydrogen-bond acceptors (Lipinski definition) is 3. The van der Waals surface area contributed by atoms with Gasteiger partial charge in [0.2, 0.25) is 0 Å². The second kappa shape index (κ2) is 6.35. The Morgan fingerprint density at radius 1 is 1.50 bits per heavy atom. The summed E-state index contributed by atoms with van der Waals surface area (Å²) in [5.74, 6) is 7.72. The van der Waals surface area contributed by atoms with Crippen molar-refractivity contribution >= 4 is 6.16 Å². The van der Waals surface area contributed by atoms with Crippen molar-refractivity contribution in [3.8, 4) is 0 Å². The second-order valence-electron chi connectivity index (χ2n) is 1.90. The van der Waals surface area contributed by atoms with E-state index in [-0.39, 0.29) is 0 Å². The first-order valence-electron chi connectivity index (χ1n) is 3.29. The van der Waals surface area contributed by atoms with Gasteiger partial charge in [0.1, 0.15) is 5.90 Å². The van der Waals surface area contributed by atoms with Gasteiger partial charge in [-0.05, 0) is 6.42 Å². The lowest BCUT2D eigenvalue weighted by molar-refractivity contribution is 0.0474. The van der Waals surface area contributed by atoms with Crippen LogP contribution >= 0.6 is 0 Å². The van der Waals surface area contributed by atoms with Crippen LogP contribution in [0.5, 0.6) is 0 Å². The molecule has 0 aliphatic heterocycles. The summed E-state index contributed by atoms with van der Waals surface area (Å²) in [6, 6.07) is 0. The van der Waals surface area contributed by atoms with E-state index in [1.54, 1.807) is 0 Å². The average molecular weight is 145 g/mol. The molecule has 0 aliphatic carbocycles. The quantitative estimate of drug-likeness (QED) is 0.340. The molecule has 0 unspecified atom stereocenters. The van der Waals surface area contributed by atoms with Gasteiger partial charge >= 0.3 is 6.16 Å². The SMILES string of the molecule is CCCCCOC(=O)O[N]. The summed E-state index contributed by atoms with van der Waals surface area (Å²) in [7, 11) is 0. The van der Waals surface area contributed by atoms with Gasteiger partial charge in [0.15, 0.2) is 0 Å². The van der Waals surface area contributed by atoms with E-state index in [0.717, 1.165) is 19.3 Å². The third-order valence-electron chi connectivity index (χ3n) is 1.04. The summed E-state index contributed by atoms with van der Waals surface area (Å²) >= 11 is 0. The van der Waals surface area contributed by atoms with E-state index < -0.39 is 6.16 Å². The van der Waals surface area contributed by atoms with Crippen LogP contribution in [-0.2, 0) is 9.57 Å². The molecule has 0 spiro atoms. The fraction of sp³-hybridized carbons (Fsp3) is 0.833. The average Bonchev–Trinajstić information content (AvgIpc) is 1.98. The predicted octanol–water partition coefficient (Wildman–Crippen LogP) is 1.31.